The highest BCUT2D eigenvalue weighted by Crippen LogP contribution is 2.40. The van der Waals surface area contributed by atoms with Gasteiger partial charge in [-0.2, -0.15) is 0 Å². The summed E-state index contributed by atoms with van der Waals surface area (Å²) in [7, 11) is -2.71. The standard InChI is InChI=1S/C24H26O4Si/c1-24(2,3)29(18-10-6-4-7-11-18,19-12-8-5-9-13-19)28-17-14-15-20-21(16-17)23(26)27-22(20)25/h4-15,17,20-21H,16H2,1-3H3/t17-,20-,21+/m1/s1. The van der Waals surface area contributed by atoms with Crippen LogP contribution in [0, 0.1) is 11.8 Å². The van der Waals surface area contributed by atoms with Crippen LogP contribution in [0.15, 0.2) is 72.8 Å². The van der Waals surface area contributed by atoms with Gasteiger partial charge in [0.15, 0.2) is 0 Å². The number of carbonyl (C=O) groups excluding carboxylic acids is 2. The molecule has 4 rings (SSSR count). The molecule has 2 aromatic rings. The molecule has 2 aromatic carbocycles. The molecule has 150 valence electrons. The Hall–Kier alpha value is -2.50. The SMILES string of the molecule is CC(C)(C)[Si](O[C@@H]1C=C[C@H]2C(=O)OC(=O)[C@H]2C1)(c1ccccc1)c1ccccc1. The summed E-state index contributed by atoms with van der Waals surface area (Å²) >= 11 is 0. The van der Waals surface area contributed by atoms with E-state index in [0.29, 0.717) is 6.42 Å². The number of hydrogen-bond acceptors (Lipinski definition) is 4. The lowest BCUT2D eigenvalue weighted by Crippen LogP contribution is -2.67. The van der Waals surface area contributed by atoms with E-state index in [1.807, 2.05) is 18.2 Å². The summed E-state index contributed by atoms with van der Waals surface area (Å²) < 4.78 is 11.9. The van der Waals surface area contributed by atoms with E-state index in [4.69, 9.17) is 9.16 Å². The van der Waals surface area contributed by atoms with E-state index in [0.717, 1.165) is 0 Å². The van der Waals surface area contributed by atoms with Crippen molar-refractivity contribution in [3.8, 4) is 0 Å². The first-order valence-electron chi connectivity index (χ1n) is 10.1. The Balaban J connectivity index is 1.80. The molecule has 1 saturated heterocycles. The smallest absolute Gasteiger partial charge is 0.321 e. The highest BCUT2D eigenvalue weighted by atomic mass is 28.4. The Kier molecular flexibility index (Phi) is 5.05. The first kappa shape index (κ1) is 19.8. The van der Waals surface area contributed by atoms with Crippen molar-refractivity contribution in [3.63, 3.8) is 0 Å². The summed E-state index contributed by atoms with van der Waals surface area (Å²) in [6, 6.07) is 20.8. The van der Waals surface area contributed by atoms with E-state index >= 15 is 0 Å². The third-order valence-electron chi connectivity index (χ3n) is 5.97. The Labute approximate surface area is 172 Å². The number of carbonyl (C=O) groups is 2. The molecule has 0 radical (unpaired) electrons. The van der Waals surface area contributed by atoms with Gasteiger partial charge in [-0.1, -0.05) is 93.6 Å². The van der Waals surface area contributed by atoms with E-state index < -0.39 is 32.1 Å². The van der Waals surface area contributed by atoms with Crippen molar-refractivity contribution < 1.29 is 18.8 Å². The van der Waals surface area contributed by atoms with Gasteiger partial charge in [0.2, 0.25) is 0 Å². The van der Waals surface area contributed by atoms with E-state index in [2.05, 4.69) is 69.3 Å². The van der Waals surface area contributed by atoms with E-state index in [1.165, 1.54) is 10.4 Å². The second-order valence-corrected chi connectivity index (χ2v) is 13.1. The summed E-state index contributed by atoms with van der Waals surface area (Å²) in [5, 5.41) is 2.24. The molecule has 3 atom stereocenters. The molecule has 1 fully saturated rings. The molecule has 0 bridgehead atoms. The number of ether oxygens (including phenoxy) is 1. The fourth-order valence-corrected chi connectivity index (χ4v) is 9.23. The molecule has 2 aliphatic rings. The molecule has 4 nitrogen and oxygen atoms in total. The highest BCUT2D eigenvalue weighted by Gasteiger charge is 2.53. The molecule has 0 amide bonds. The maximum Gasteiger partial charge on any atom is 0.321 e. The lowest BCUT2D eigenvalue weighted by Gasteiger charge is -2.45. The molecule has 5 heteroatoms. The zero-order valence-corrected chi connectivity index (χ0v) is 18.0. The molecule has 0 aromatic heterocycles. The van der Waals surface area contributed by atoms with Gasteiger partial charge in [-0.3, -0.25) is 9.59 Å². The molecule has 0 spiro atoms. The maximum absolute atomic E-state index is 12.1. The number of benzene rings is 2. The molecule has 0 unspecified atom stereocenters. The molecule has 0 N–H and O–H groups in total. The predicted octanol–water partition coefficient (Wildman–Crippen LogP) is 3.21. The number of rotatable bonds is 4. The van der Waals surface area contributed by atoms with Crippen molar-refractivity contribution in [2.24, 2.45) is 11.8 Å². The monoisotopic (exact) mass is 406 g/mol. The van der Waals surface area contributed by atoms with Crippen LogP contribution < -0.4 is 10.4 Å². The molecule has 1 aliphatic carbocycles. The van der Waals surface area contributed by atoms with Crippen LogP contribution in [0.2, 0.25) is 5.04 Å². The van der Waals surface area contributed by atoms with Crippen LogP contribution in [0.4, 0.5) is 0 Å². The Morgan fingerprint density at radius 2 is 1.41 bits per heavy atom. The predicted molar refractivity (Wildman–Crippen MR) is 114 cm³/mol. The average Bonchev–Trinajstić information content (AvgIpc) is 3.00. The van der Waals surface area contributed by atoms with Crippen LogP contribution in [0.3, 0.4) is 0 Å². The topological polar surface area (TPSA) is 52.6 Å². The van der Waals surface area contributed by atoms with Crippen molar-refractivity contribution in [1.82, 2.24) is 0 Å². The molecule has 1 aliphatic heterocycles. The zero-order valence-electron chi connectivity index (χ0n) is 17.0. The molecular formula is C24H26O4Si. The Morgan fingerprint density at radius 1 is 0.862 bits per heavy atom. The van der Waals surface area contributed by atoms with Gasteiger partial charge in [0.05, 0.1) is 17.9 Å². The van der Waals surface area contributed by atoms with Gasteiger partial charge in [-0.25, -0.2) is 0 Å². The van der Waals surface area contributed by atoms with Crippen LogP contribution in [-0.4, -0.2) is 26.4 Å². The van der Waals surface area contributed by atoms with Crippen LogP contribution in [0.1, 0.15) is 27.2 Å². The van der Waals surface area contributed by atoms with Crippen molar-refractivity contribution in [2.45, 2.75) is 38.3 Å². The minimum absolute atomic E-state index is 0.146. The zero-order chi connectivity index (χ0) is 20.6. The summed E-state index contributed by atoms with van der Waals surface area (Å²) in [6.45, 7) is 6.67. The quantitative estimate of drug-likeness (QED) is 0.339. The van der Waals surface area contributed by atoms with Crippen LogP contribution in [-0.2, 0) is 18.8 Å². The van der Waals surface area contributed by atoms with Gasteiger partial charge in [-0.05, 0) is 21.8 Å². The number of cyclic esters (lactones) is 2. The first-order valence-corrected chi connectivity index (χ1v) is 12.0. The summed E-state index contributed by atoms with van der Waals surface area (Å²) in [4.78, 5) is 24.0. The first-order chi connectivity index (χ1) is 13.8. The normalized spacial score (nSPS) is 24.3. The molecular weight excluding hydrogens is 380 g/mol. The minimum Gasteiger partial charge on any atom is -0.401 e. The lowest BCUT2D eigenvalue weighted by molar-refractivity contribution is -0.153. The number of hydrogen-bond donors (Lipinski definition) is 0. The van der Waals surface area contributed by atoms with Crippen molar-refractivity contribution in [1.29, 1.82) is 0 Å². The Bertz CT molecular complexity index is 891. The maximum atomic E-state index is 12.1. The fourth-order valence-electron chi connectivity index (χ4n) is 4.59. The number of fused-ring (bicyclic) bond motifs is 1. The lowest BCUT2D eigenvalue weighted by atomic mass is 9.85. The second kappa shape index (κ2) is 7.39. The average molecular weight is 407 g/mol. The fraction of sp³-hybridized carbons (Fsp3) is 0.333. The number of esters is 2. The van der Waals surface area contributed by atoms with Gasteiger partial charge in [0, 0.05) is 0 Å². The van der Waals surface area contributed by atoms with Crippen molar-refractivity contribution in [3.05, 3.63) is 72.8 Å². The third-order valence-corrected chi connectivity index (χ3v) is 11.0. The van der Waals surface area contributed by atoms with E-state index in [-0.39, 0.29) is 11.1 Å². The van der Waals surface area contributed by atoms with Gasteiger partial charge < -0.3 is 9.16 Å². The van der Waals surface area contributed by atoms with Crippen LogP contribution in [0.25, 0.3) is 0 Å². The van der Waals surface area contributed by atoms with E-state index in [1.54, 1.807) is 6.08 Å². The highest BCUT2D eigenvalue weighted by molar-refractivity contribution is 6.99. The summed E-state index contributed by atoms with van der Waals surface area (Å²) in [6.07, 6.45) is 3.96. The largest absolute Gasteiger partial charge is 0.401 e. The Morgan fingerprint density at radius 3 is 1.93 bits per heavy atom. The van der Waals surface area contributed by atoms with Crippen molar-refractivity contribution in [2.75, 3.05) is 0 Å². The van der Waals surface area contributed by atoms with Crippen LogP contribution in [0.5, 0.6) is 0 Å². The van der Waals surface area contributed by atoms with Gasteiger partial charge in [-0.15, -0.1) is 0 Å². The second-order valence-electron chi connectivity index (χ2n) is 8.81. The summed E-state index contributed by atoms with van der Waals surface area (Å²) in [5.74, 6) is -1.79. The summed E-state index contributed by atoms with van der Waals surface area (Å²) in [5.41, 5.74) is 0. The van der Waals surface area contributed by atoms with Crippen LogP contribution >= 0.6 is 0 Å². The minimum atomic E-state index is -2.71. The van der Waals surface area contributed by atoms with Crippen molar-refractivity contribution >= 4 is 30.6 Å². The van der Waals surface area contributed by atoms with E-state index in [9.17, 15) is 9.59 Å². The molecule has 0 saturated carbocycles. The molecule has 1 heterocycles. The van der Waals surface area contributed by atoms with Gasteiger partial charge in [0.1, 0.15) is 0 Å². The van der Waals surface area contributed by atoms with Gasteiger partial charge in [0.25, 0.3) is 8.32 Å². The van der Waals surface area contributed by atoms with Gasteiger partial charge >= 0.3 is 11.9 Å². The third kappa shape index (κ3) is 3.38. The molecule has 29 heavy (non-hydrogen) atoms.